The summed E-state index contributed by atoms with van der Waals surface area (Å²) in [5, 5.41) is 0. The lowest BCUT2D eigenvalue weighted by Gasteiger charge is -2.39. The van der Waals surface area contributed by atoms with Crippen LogP contribution < -0.4 is 0 Å². The largest absolute Gasteiger partial charge is 0.375 e. The number of hydrogen-bond acceptors (Lipinski definition) is 2. The van der Waals surface area contributed by atoms with Crippen LogP contribution in [0.15, 0.2) is 11.8 Å². The topological polar surface area (TPSA) is 20.3 Å². The molecule has 1 unspecified atom stereocenters. The van der Waals surface area contributed by atoms with Crippen LogP contribution in [0.3, 0.4) is 0 Å². The molecule has 1 saturated heterocycles. The predicted octanol–water partition coefficient (Wildman–Crippen LogP) is 2.60. The van der Waals surface area contributed by atoms with Gasteiger partial charge in [0.2, 0.25) is 0 Å². The van der Waals surface area contributed by atoms with Gasteiger partial charge in [0, 0.05) is 30.1 Å². The van der Waals surface area contributed by atoms with Gasteiger partial charge in [-0.25, -0.2) is 0 Å². The van der Waals surface area contributed by atoms with Gasteiger partial charge in [0.05, 0.1) is 0 Å². The van der Waals surface area contributed by atoms with Crippen molar-refractivity contribution in [3.8, 4) is 0 Å². The van der Waals surface area contributed by atoms with Crippen molar-refractivity contribution in [2.45, 2.75) is 39.5 Å². The van der Waals surface area contributed by atoms with Crippen LogP contribution in [0.25, 0.3) is 0 Å². The number of likely N-dealkylation sites (tertiary alicyclic amines) is 1. The van der Waals surface area contributed by atoms with Crippen molar-refractivity contribution in [2.24, 2.45) is 11.3 Å². The highest BCUT2D eigenvalue weighted by Gasteiger charge is 2.33. The molecule has 0 N–H and O–H groups in total. The van der Waals surface area contributed by atoms with Crippen molar-refractivity contribution in [3.63, 3.8) is 0 Å². The minimum Gasteiger partial charge on any atom is -0.375 e. The Labute approximate surface area is 92.3 Å². The van der Waals surface area contributed by atoms with E-state index < -0.39 is 0 Å². The molecule has 0 amide bonds. The van der Waals surface area contributed by atoms with Crippen LogP contribution in [0.5, 0.6) is 0 Å². The summed E-state index contributed by atoms with van der Waals surface area (Å²) in [6.07, 6.45) is 8.08. The molecule has 15 heavy (non-hydrogen) atoms. The molecule has 1 fully saturated rings. The lowest BCUT2D eigenvalue weighted by atomic mass is 9.75. The molecule has 0 radical (unpaired) electrons. The molecule has 0 bridgehead atoms. The molecular formula is C13H21NO. The number of allylic oxidation sites excluding steroid dienone is 2. The second-order valence-electron chi connectivity index (χ2n) is 5.47. The van der Waals surface area contributed by atoms with Crippen molar-refractivity contribution in [2.75, 3.05) is 13.1 Å². The number of carbonyl (C=O) groups excluding carboxylic acids is 1. The molecule has 0 saturated carbocycles. The van der Waals surface area contributed by atoms with Crippen molar-refractivity contribution in [1.82, 2.24) is 4.90 Å². The average molecular weight is 207 g/mol. The first-order valence-corrected chi connectivity index (χ1v) is 6.06. The molecule has 2 nitrogen and oxygen atoms in total. The SMILES string of the molecule is CC1(C)CCC(C=O)C=C1N1CCCC1. The van der Waals surface area contributed by atoms with Gasteiger partial charge in [-0.2, -0.15) is 0 Å². The molecule has 2 heteroatoms. The zero-order valence-corrected chi connectivity index (χ0v) is 9.83. The Bertz CT molecular complexity index is 274. The average Bonchev–Trinajstić information content (AvgIpc) is 2.70. The van der Waals surface area contributed by atoms with Crippen molar-refractivity contribution in [1.29, 1.82) is 0 Å². The third kappa shape index (κ3) is 2.09. The molecule has 2 rings (SSSR count). The number of nitrogens with zero attached hydrogens (tertiary/aromatic N) is 1. The van der Waals surface area contributed by atoms with E-state index in [0.717, 1.165) is 19.1 Å². The van der Waals surface area contributed by atoms with E-state index in [1.807, 2.05) is 0 Å². The molecule has 84 valence electrons. The van der Waals surface area contributed by atoms with E-state index in [1.54, 1.807) is 0 Å². The molecule has 0 spiro atoms. The monoisotopic (exact) mass is 207 g/mol. The Hall–Kier alpha value is -0.790. The van der Waals surface area contributed by atoms with Crippen LogP contribution in [0.2, 0.25) is 0 Å². The predicted molar refractivity (Wildman–Crippen MR) is 61.5 cm³/mol. The fourth-order valence-corrected chi connectivity index (χ4v) is 2.77. The van der Waals surface area contributed by atoms with Crippen LogP contribution >= 0.6 is 0 Å². The fraction of sp³-hybridized carbons (Fsp3) is 0.769. The first-order valence-electron chi connectivity index (χ1n) is 6.06. The summed E-state index contributed by atoms with van der Waals surface area (Å²) in [6.45, 7) is 6.97. The third-order valence-electron chi connectivity index (χ3n) is 3.79. The van der Waals surface area contributed by atoms with E-state index >= 15 is 0 Å². The highest BCUT2D eigenvalue weighted by molar-refractivity contribution is 5.57. The normalized spacial score (nSPS) is 30.1. The first kappa shape index (κ1) is 10.7. The standard InChI is InChI=1S/C13H21NO/c1-13(2)6-5-11(10-15)9-12(13)14-7-3-4-8-14/h9-11H,3-8H2,1-2H3. The lowest BCUT2D eigenvalue weighted by molar-refractivity contribution is -0.110. The van der Waals surface area contributed by atoms with Gasteiger partial charge in [-0.1, -0.05) is 19.9 Å². The maximum absolute atomic E-state index is 10.9. The summed E-state index contributed by atoms with van der Waals surface area (Å²) in [6, 6.07) is 0. The highest BCUT2D eigenvalue weighted by Crippen LogP contribution is 2.41. The van der Waals surface area contributed by atoms with Gasteiger partial charge in [-0.15, -0.1) is 0 Å². The molecule has 1 aliphatic heterocycles. The number of hydrogen-bond donors (Lipinski definition) is 0. The van der Waals surface area contributed by atoms with Crippen molar-refractivity contribution >= 4 is 6.29 Å². The Morgan fingerprint density at radius 1 is 1.40 bits per heavy atom. The van der Waals surface area contributed by atoms with Crippen LogP contribution in [0.4, 0.5) is 0 Å². The van der Waals surface area contributed by atoms with Gasteiger partial charge in [-0.05, 0) is 25.7 Å². The zero-order chi connectivity index (χ0) is 10.9. The Balaban J connectivity index is 2.22. The van der Waals surface area contributed by atoms with E-state index in [4.69, 9.17) is 0 Å². The van der Waals surface area contributed by atoms with E-state index in [0.29, 0.717) is 0 Å². The summed E-state index contributed by atoms with van der Waals surface area (Å²) in [7, 11) is 0. The summed E-state index contributed by atoms with van der Waals surface area (Å²) in [4.78, 5) is 13.4. The first-order chi connectivity index (χ1) is 7.13. The molecule has 1 aliphatic carbocycles. The second-order valence-corrected chi connectivity index (χ2v) is 5.47. The summed E-state index contributed by atoms with van der Waals surface area (Å²) in [5.41, 5.74) is 1.69. The molecule has 0 aromatic carbocycles. The summed E-state index contributed by atoms with van der Waals surface area (Å²) < 4.78 is 0. The number of carbonyl (C=O) groups is 1. The Morgan fingerprint density at radius 2 is 2.07 bits per heavy atom. The van der Waals surface area contributed by atoms with Gasteiger partial charge >= 0.3 is 0 Å². The molecule has 0 aromatic rings. The van der Waals surface area contributed by atoms with Gasteiger partial charge in [0.25, 0.3) is 0 Å². The molecule has 1 atom stereocenters. The molecule has 2 aliphatic rings. The maximum atomic E-state index is 10.9. The van der Waals surface area contributed by atoms with Gasteiger partial charge in [0.15, 0.2) is 0 Å². The van der Waals surface area contributed by atoms with Crippen LogP contribution in [-0.4, -0.2) is 24.3 Å². The van der Waals surface area contributed by atoms with Crippen molar-refractivity contribution in [3.05, 3.63) is 11.8 Å². The summed E-state index contributed by atoms with van der Waals surface area (Å²) in [5.74, 6) is 0.161. The molecule has 0 aromatic heterocycles. The van der Waals surface area contributed by atoms with Crippen molar-refractivity contribution < 1.29 is 4.79 Å². The maximum Gasteiger partial charge on any atom is 0.126 e. The van der Waals surface area contributed by atoms with E-state index in [2.05, 4.69) is 24.8 Å². The Kier molecular flexibility index (Phi) is 2.85. The third-order valence-corrected chi connectivity index (χ3v) is 3.79. The Morgan fingerprint density at radius 3 is 2.67 bits per heavy atom. The molecular weight excluding hydrogens is 186 g/mol. The van der Waals surface area contributed by atoms with Gasteiger partial charge in [-0.3, -0.25) is 0 Å². The van der Waals surface area contributed by atoms with Crippen LogP contribution in [0.1, 0.15) is 39.5 Å². The minimum absolute atomic E-state index is 0.161. The quantitative estimate of drug-likeness (QED) is 0.649. The van der Waals surface area contributed by atoms with Gasteiger partial charge < -0.3 is 9.69 Å². The summed E-state index contributed by atoms with van der Waals surface area (Å²) >= 11 is 0. The van der Waals surface area contributed by atoms with Gasteiger partial charge in [0.1, 0.15) is 6.29 Å². The second kappa shape index (κ2) is 3.99. The zero-order valence-electron chi connectivity index (χ0n) is 9.83. The smallest absolute Gasteiger partial charge is 0.126 e. The van der Waals surface area contributed by atoms with Crippen LogP contribution in [0, 0.1) is 11.3 Å². The van der Waals surface area contributed by atoms with E-state index in [9.17, 15) is 4.79 Å². The van der Waals surface area contributed by atoms with Crippen LogP contribution in [-0.2, 0) is 4.79 Å². The number of rotatable bonds is 2. The molecule has 1 heterocycles. The minimum atomic E-state index is 0.161. The lowest BCUT2D eigenvalue weighted by Crippen LogP contribution is -2.33. The van der Waals surface area contributed by atoms with E-state index in [1.165, 1.54) is 31.6 Å². The highest BCUT2D eigenvalue weighted by atomic mass is 16.1. The number of aldehydes is 1. The fourth-order valence-electron chi connectivity index (χ4n) is 2.77. The van der Waals surface area contributed by atoms with E-state index in [-0.39, 0.29) is 11.3 Å².